The molecule has 2 heterocycles. The number of hydrogen-bond acceptors (Lipinski definition) is 5. The maximum atomic E-state index is 12.9. The molecule has 3 aromatic rings. The van der Waals surface area contributed by atoms with Gasteiger partial charge in [0.1, 0.15) is 10.8 Å². The molecule has 1 aromatic carbocycles. The van der Waals surface area contributed by atoms with E-state index < -0.39 is 0 Å². The van der Waals surface area contributed by atoms with Gasteiger partial charge in [0, 0.05) is 12.6 Å². The van der Waals surface area contributed by atoms with E-state index in [1.807, 2.05) is 52.9 Å². The van der Waals surface area contributed by atoms with E-state index in [1.54, 1.807) is 16.2 Å². The van der Waals surface area contributed by atoms with Crippen LogP contribution in [-0.2, 0) is 4.79 Å². The molecule has 0 aliphatic rings. The van der Waals surface area contributed by atoms with Gasteiger partial charge in [-0.1, -0.05) is 17.3 Å². The van der Waals surface area contributed by atoms with Crippen molar-refractivity contribution in [3.63, 3.8) is 0 Å². The highest BCUT2D eigenvalue weighted by Crippen LogP contribution is 2.31. The van der Waals surface area contributed by atoms with Gasteiger partial charge in [-0.05, 0) is 39.8 Å². The minimum atomic E-state index is -0.293. The second kappa shape index (κ2) is 6.36. The molecule has 0 spiro atoms. The summed E-state index contributed by atoms with van der Waals surface area (Å²) in [5.41, 5.74) is 2.63. The molecule has 126 valence electrons. The molecule has 1 amide bonds. The van der Waals surface area contributed by atoms with Crippen LogP contribution < -0.4 is 0 Å². The molecule has 0 saturated carbocycles. The van der Waals surface area contributed by atoms with Crippen LogP contribution in [0.3, 0.4) is 0 Å². The number of para-hydroxylation sites is 1. The number of likely N-dealkylation sites (N-methyl/N-ethyl adjacent to an activating group) is 1. The maximum Gasteiger partial charge on any atom is 0.230 e. The average Bonchev–Trinajstić information content (AvgIpc) is 3.15. The number of nitrogens with zero attached hydrogens (tertiary/aromatic N) is 3. The van der Waals surface area contributed by atoms with Crippen LogP contribution in [0.15, 0.2) is 28.8 Å². The summed E-state index contributed by atoms with van der Waals surface area (Å²) in [6.45, 7) is 7.62. The zero-order valence-corrected chi connectivity index (χ0v) is 15.3. The van der Waals surface area contributed by atoms with E-state index in [4.69, 9.17) is 4.52 Å². The van der Waals surface area contributed by atoms with Crippen molar-refractivity contribution in [3.05, 3.63) is 46.3 Å². The summed E-state index contributed by atoms with van der Waals surface area (Å²) in [6.07, 6.45) is 0. The van der Waals surface area contributed by atoms with Crippen molar-refractivity contribution in [1.29, 1.82) is 0 Å². The van der Waals surface area contributed by atoms with Gasteiger partial charge in [0.25, 0.3) is 0 Å². The minimum Gasteiger partial charge on any atom is -0.361 e. The van der Waals surface area contributed by atoms with Crippen LogP contribution in [0.5, 0.6) is 0 Å². The summed E-state index contributed by atoms with van der Waals surface area (Å²) in [4.78, 5) is 19.3. The summed E-state index contributed by atoms with van der Waals surface area (Å²) >= 11 is 1.63. The maximum absolute atomic E-state index is 12.9. The van der Waals surface area contributed by atoms with Crippen molar-refractivity contribution in [2.24, 2.45) is 0 Å². The number of carbonyl (C=O) groups excluding carboxylic acids is 1. The first kappa shape index (κ1) is 16.6. The van der Waals surface area contributed by atoms with Gasteiger partial charge < -0.3 is 9.42 Å². The standard InChI is InChI=1S/C18H21N3O2S/c1-10(16-11(2)20-23-13(16)4)18(22)21(5)12(3)17-19-14-8-6-7-9-15(14)24-17/h6-10,12H,1-5H3/t10-,12+/m1/s1. The highest BCUT2D eigenvalue weighted by atomic mass is 32.1. The summed E-state index contributed by atoms with van der Waals surface area (Å²) < 4.78 is 6.34. The normalized spacial score (nSPS) is 13.9. The predicted octanol–water partition coefficient (Wildman–Crippen LogP) is 4.22. The Hall–Kier alpha value is -2.21. The molecule has 2 atom stereocenters. The van der Waals surface area contributed by atoms with E-state index in [-0.39, 0.29) is 17.9 Å². The zero-order chi connectivity index (χ0) is 17.4. The SMILES string of the molecule is Cc1noc(C)c1[C@@H](C)C(=O)N(C)[C@@H](C)c1nc2ccccc2s1. The second-order valence-corrected chi connectivity index (χ2v) is 7.17. The fraction of sp³-hybridized carbons (Fsp3) is 0.389. The van der Waals surface area contributed by atoms with Crippen LogP contribution in [0.2, 0.25) is 0 Å². The first-order valence-electron chi connectivity index (χ1n) is 7.95. The van der Waals surface area contributed by atoms with Crippen LogP contribution in [0.4, 0.5) is 0 Å². The number of aromatic nitrogens is 2. The third-order valence-electron chi connectivity index (χ3n) is 4.49. The monoisotopic (exact) mass is 343 g/mol. The van der Waals surface area contributed by atoms with Gasteiger partial charge in [0.05, 0.1) is 27.9 Å². The molecule has 0 aliphatic heterocycles. The highest BCUT2D eigenvalue weighted by molar-refractivity contribution is 7.18. The van der Waals surface area contributed by atoms with Crippen LogP contribution in [-0.4, -0.2) is 28.0 Å². The number of aryl methyl sites for hydroxylation is 2. The van der Waals surface area contributed by atoms with Gasteiger partial charge in [0.2, 0.25) is 5.91 Å². The molecular formula is C18H21N3O2S. The fourth-order valence-electron chi connectivity index (χ4n) is 2.96. The van der Waals surface area contributed by atoms with Crippen molar-refractivity contribution in [1.82, 2.24) is 15.0 Å². The summed E-state index contributed by atoms with van der Waals surface area (Å²) in [6, 6.07) is 7.94. The molecule has 0 fully saturated rings. The number of hydrogen-bond donors (Lipinski definition) is 0. The van der Waals surface area contributed by atoms with E-state index in [0.717, 1.165) is 26.5 Å². The molecule has 0 unspecified atom stereocenters. The molecule has 0 radical (unpaired) electrons. The topological polar surface area (TPSA) is 59.2 Å². The van der Waals surface area contributed by atoms with E-state index in [0.29, 0.717) is 5.76 Å². The average molecular weight is 343 g/mol. The predicted molar refractivity (Wildman–Crippen MR) is 95.2 cm³/mol. The van der Waals surface area contributed by atoms with Crippen LogP contribution >= 0.6 is 11.3 Å². The van der Waals surface area contributed by atoms with E-state index >= 15 is 0 Å². The summed E-state index contributed by atoms with van der Waals surface area (Å²) in [5, 5.41) is 4.90. The van der Waals surface area contributed by atoms with Gasteiger partial charge >= 0.3 is 0 Å². The second-order valence-electron chi connectivity index (χ2n) is 6.10. The molecule has 24 heavy (non-hydrogen) atoms. The Balaban J connectivity index is 1.84. The Morgan fingerprint density at radius 2 is 1.96 bits per heavy atom. The molecular weight excluding hydrogens is 322 g/mol. The summed E-state index contributed by atoms with van der Waals surface area (Å²) in [7, 11) is 1.83. The van der Waals surface area contributed by atoms with Gasteiger partial charge in [-0.25, -0.2) is 4.98 Å². The summed E-state index contributed by atoms with van der Waals surface area (Å²) in [5.74, 6) is 0.448. The number of thiazole rings is 1. The molecule has 0 bridgehead atoms. The third kappa shape index (κ3) is 2.82. The fourth-order valence-corrected chi connectivity index (χ4v) is 4.03. The quantitative estimate of drug-likeness (QED) is 0.711. The lowest BCUT2D eigenvalue weighted by atomic mass is 9.97. The zero-order valence-electron chi connectivity index (χ0n) is 14.5. The van der Waals surface area contributed by atoms with Crippen LogP contribution in [0.1, 0.15) is 47.8 Å². The molecule has 6 heteroatoms. The largest absolute Gasteiger partial charge is 0.361 e. The first-order valence-corrected chi connectivity index (χ1v) is 8.76. The highest BCUT2D eigenvalue weighted by Gasteiger charge is 2.29. The van der Waals surface area contributed by atoms with Gasteiger partial charge in [-0.3, -0.25) is 4.79 Å². The van der Waals surface area contributed by atoms with Gasteiger partial charge in [0.15, 0.2) is 0 Å². The Kier molecular flexibility index (Phi) is 4.41. The van der Waals surface area contributed by atoms with Crippen molar-refractivity contribution in [2.45, 2.75) is 39.7 Å². The lowest BCUT2D eigenvalue weighted by molar-refractivity contribution is -0.133. The number of benzene rings is 1. The Morgan fingerprint density at radius 1 is 1.25 bits per heavy atom. The van der Waals surface area contributed by atoms with Crippen molar-refractivity contribution >= 4 is 27.5 Å². The third-order valence-corrected chi connectivity index (χ3v) is 5.70. The van der Waals surface area contributed by atoms with E-state index in [2.05, 4.69) is 16.2 Å². The number of fused-ring (bicyclic) bond motifs is 1. The lowest BCUT2D eigenvalue weighted by Crippen LogP contribution is -2.33. The first-order chi connectivity index (χ1) is 11.4. The molecule has 0 N–H and O–H groups in total. The smallest absolute Gasteiger partial charge is 0.230 e. The molecule has 5 nitrogen and oxygen atoms in total. The molecule has 0 aliphatic carbocycles. The number of carbonyl (C=O) groups is 1. The van der Waals surface area contributed by atoms with Gasteiger partial charge in [-0.15, -0.1) is 11.3 Å². The van der Waals surface area contributed by atoms with Crippen molar-refractivity contribution < 1.29 is 9.32 Å². The van der Waals surface area contributed by atoms with E-state index in [9.17, 15) is 4.79 Å². The van der Waals surface area contributed by atoms with Gasteiger partial charge in [-0.2, -0.15) is 0 Å². The Labute approximate surface area is 145 Å². The molecule has 0 saturated heterocycles. The Morgan fingerprint density at radius 3 is 2.58 bits per heavy atom. The number of amides is 1. The molecule has 3 rings (SSSR count). The van der Waals surface area contributed by atoms with Crippen LogP contribution in [0, 0.1) is 13.8 Å². The van der Waals surface area contributed by atoms with E-state index in [1.165, 1.54) is 0 Å². The minimum absolute atomic E-state index is 0.0381. The van der Waals surface area contributed by atoms with Crippen molar-refractivity contribution in [2.75, 3.05) is 7.05 Å². The lowest BCUT2D eigenvalue weighted by Gasteiger charge is -2.26. The van der Waals surface area contributed by atoms with Crippen molar-refractivity contribution in [3.8, 4) is 0 Å². The number of rotatable bonds is 4. The Bertz CT molecular complexity index is 831. The molecule has 2 aromatic heterocycles. The van der Waals surface area contributed by atoms with Crippen LogP contribution in [0.25, 0.3) is 10.2 Å².